The van der Waals surface area contributed by atoms with E-state index in [0.29, 0.717) is 22.0 Å². The van der Waals surface area contributed by atoms with Gasteiger partial charge in [-0.25, -0.2) is 5.43 Å². The molecule has 0 fully saturated rings. The summed E-state index contributed by atoms with van der Waals surface area (Å²) in [5.74, 6) is -1.70. The Morgan fingerprint density at radius 1 is 0.909 bits per heavy atom. The quantitative estimate of drug-likeness (QED) is 0.281. The normalized spacial score (nSPS) is 10.5. The van der Waals surface area contributed by atoms with Gasteiger partial charge in [0.2, 0.25) is 0 Å². The average Bonchev–Trinajstić information content (AvgIpc) is 2.81. The van der Waals surface area contributed by atoms with E-state index in [0.717, 1.165) is 11.3 Å². The third kappa shape index (κ3) is 7.19. The summed E-state index contributed by atoms with van der Waals surface area (Å²) in [7, 11) is 0. The molecule has 3 N–H and O–H groups in total. The second kappa shape index (κ2) is 11.4. The van der Waals surface area contributed by atoms with Crippen LogP contribution in [-0.2, 0) is 14.4 Å². The smallest absolute Gasteiger partial charge is 0.329 e. The Kier molecular flexibility index (Phi) is 8.15. The summed E-state index contributed by atoms with van der Waals surface area (Å²) in [4.78, 5) is 36.0. The summed E-state index contributed by atoms with van der Waals surface area (Å²) in [6, 6.07) is 20.8. The predicted molar refractivity (Wildman–Crippen MR) is 128 cm³/mol. The van der Waals surface area contributed by atoms with Gasteiger partial charge in [-0.05, 0) is 48.4 Å². The molecule has 0 saturated heterocycles. The van der Waals surface area contributed by atoms with Gasteiger partial charge >= 0.3 is 11.8 Å². The number of rotatable bonds is 7. The minimum atomic E-state index is -0.952. The molecule has 0 aliphatic rings. The summed E-state index contributed by atoms with van der Waals surface area (Å²) >= 11 is 5.95. The molecule has 9 heteroatoms. The van der Waals surface area contributed by atoms with E-state index in [1.54, 1.807) is 48.5 Å². The molecule has 0 atom stereocenters. The van der Waals surface area contributed by atoms with Crippen LogP contribution in [0.1, 0.15) is 11.1 Å². The molecule has 168 valence electrons. The maximum atomic E-state index is 12.1. The lowest BCUT2D eigenvalue weighted by Gasteiger charge is -2.09. The number of amides is 3. The summed E-state index contributed by atoms with van der Waals surface area (Å²) in [6.45, 7) is 1.73. The molecule has 3 aromatic rings. The van der Waals surface area contributed by atoms with Crippen LogP contribution in [0.5, 0.6) is 5.75 Å². The van der Waals surface area contributed by atoms with Crippen LogP contribution in [0.4, 0.5) is 11.4 Å². The van der Waals surface area contributed by atoms with Crippen molar-refractivity contribution in [2.45, 2.75) is 6.92 Å². The van der Waals surface area contributed by atoms with Crippen LogP contribution < -0.4 is 20.8 Å². The van der Waals surface area contributed by atoms with Gasteiger partial charge in [-0.15, -0.1) is 0 Å². The maximum absolute atomic E-state index is 12.1. The number of halogens is 1. The van der Waals surface area contributed by atoms with E-state index in [2.05, 4.69) is 21.2 Å². The standard InChI is InChI=1S/C24H21ClN4O4/c1-16-7-2-4-11-20(16)27-22(30)15-33-18-9-6-8-17(13-18)14-26-29-24(32)23(31)28-21-12-5-3-10-19(21)25/h2-14H,15H2,1H3,(H,27,30)(H,28,31)(H,29,32)/b26-14-. The van der Waals surface area contributed by atoms with Crippen molar-refractivity contribution < 1.29 is 19.1 Å². The molecule has 0 aliphatic carbocycles. The lowest BCUT2D eigenvalue weighted by atomic mass is 10.2. The van der Waals surface area contributed by atoms with Crippen molar-refractivity contribution in [3.63, 3.8) is 0 Å². The van der Waals surface area contributed by atoms with E-state index in [-0.39, 0.29) is 12.5 Å². The van der Waals surface area contributed by atoms with Gasteiger partial charge in [-0.3, -0.25) is 14.4 Å². The van der Waals surface area contributed by atoms with E-state index in [1.807, 2.05) is 31.2 Å². The van der Waals surface area contributed by atoms with Crippen LogP contribution in [-0.4, -0.2) is 30.5 Å². The minimum Gasteiger partial charge on any atom is -0.484 e. The first-order valence-corrected chi connectivity index (χ1v) is 10.3. The zero-order valence-corrected chi connectivity index (χ0v) is 18.4. The summed E-state index contributed by atoms with van der Waals surface area (Å²) in [5, 5.41) is 9.28. The fourth-order valence-corrected chi connectivity index (χ4v) is 2.87. The first kappa shape index (κ1) is 23.5. The zero-order valence-electron chi connectivity index (χ0n) is 17.7. The fourth-order valence-electron chi connectivity index (χ4n) is 2.69. The summed E-state index contributed by atoms with van der Waals surface area (Å²) < 4.78 is 5.53. The van der Waals surface area contributed by atoms with Crippen molar-refractivity contribution in [1.82, 2.24) is 5.43 Å². The van der Waals surface area contributed by atoms with Crippen molar-refractivity contribution in [1.29, 1.82) is 0 Å². The van der Waals surface area contributed by atoms with Crippen LogP contribution in [0, 0.1) is 6.92 Å². The highest BCUT2D eigenvalue weighted by Crippen LogP contribution is 2.20. The topological polar surface area (TPSA) is 109 Å². The molecular formula is C24H21ClN4O4. The third-order valence-electron chi connectivity index (χ3n) is 4.36. The van der Waals surface area contributed by atoms with Gasteiger partial charge in [0, 0.05) is 5.69 Å². The van der Waals surface area contributed by atoms with Crippen molar-refractivity contribution in [2.75, 3.05) is 17.2 Å². The van der Waals surface area contributed by atoms with E-state index in [1.165, 1.54) is 6.21 Å². The number of ether oxygens (including phenoxy) is 1. The Bertz CT molecular complexity index is 1200. The number of para-hydroxylation sites is 2. The molecule has 3 amide bonds. The SMILES string of the molecule is Cc1ccccc1NC(=O)COc1cccc(/C=N\NC(=O)C(=O)Nc2ccccc2Cl)c1. The van der Waals surface area contributed by atoms with Gasteiger partial charge in [-0.1, -0.05) is 54.1 Å². The number of nitrogens with zero attached hydrogens (tertiary/aromatic N) is 1. The van der Waals surface area contributed by atoms with Crippen molar-refractivity contribution >= 4 is 46.9 Å². The van der Waals surface area contributed by atoms with Gasteiger partial charge in [0.25, 0.3) is 5.91 Å². The van der Waals surface area contributed by atoms with E-state index in [4.69, 9.17) is 16.3 Å². The molecule has 0 radical (unpaired) electrons. The maximum Gasteiger partial charge on any atom is 0.329 e. The first-order valence-electron chi connectivity index (χ1n) is 9.89. The molecule has 0 aliphatic heterocycles. The minimum absolute atomic E-state index is 0.173. The summed E-state index contributed by atoms with van der Waals surface area (Å²) in [6.07, 6.45) is 1.35. The molecule has 0 aromatic heterocycles. The van der Waals surface area contributed by atoms with Crippen molar-refractivity contribution in [3.05, 3.63) is 88.9 Å². The fraction of sp³-hybridized carbons (Fsp3) is 0.0833. The molecule has 0 heterocycles. The monoisotopic (exact) mass is 464 g/mol. The highest BCUT2D eigenvalue weighted by atomic mass is 35.5. The molecule has 0 saturated carbocycles. The Morgan fingerprint density at radius 3 is 2.39 bits per heavy atom. The molecule has 33 heavy (non-hydrogen) atoms. The summed E-state index contributed by atoms with van der Waals surface area (Å²) in [5.41, 5.74) is 4.73. The van der Waals surface area contributed by atoms with Crippen LogP contribution in [0.2, 0.25) is 5.02 Å². The Balaban J connectivity index is 1.49. The number of benzene rings is 3. The van der Waals surface area contributed by atoms with E-state index in [9.17, 15) is 14.4 Å². The molecule has 0 bridgehead atoms. The van der Waals surface area contributed by atoms with Crippen molar-refractivity contribution in [3.8, 4) is 5.75 Å². The molecular weight excluding hydrogens is 444 g/mol. The Labute approximate surface area is 195 Å². The highest BCUT2D eigenvalue weighted by molar-refractivity contribution is 6.41. The molecule has 3 aromatic carbocycles. The van der Waals surface area contributed by atoms with Crippen LogP contribution in [0.15, 0.2) is 77.9 Å². The number of carbonyl (C=O) groups excluding carboxylic acids is 3. The van der Waals surface area contributed by atoms with Gasteiger partial charge in [0.05, 0.1) is 16.9 Å². The number of hydrogen-bond acceptors (Lipinski definition) is 5. The molecule has 3 rings (SSSR count). The van der Waals surface area contributed by atoms with Crippen LogP contribution in [0.25, 0.3) is 0 Å². The third-order valence-corrected chi connectivity index (χ3v) is 4.68. The lowest BCUT2D eigenvalue weighted by molar-refractivity contribution is -0.136. The van der Waals surface area contributed by atoms with Gasteiger partial charge in [-0.2, -0.15) is 5.10 Å². The highest BCUT2D eigenvalue weighted by Gasteiger charge is 2.14. The lowest BCUT2D eigenvalue weighted by Crippen LogP contribution is -2.32. The Hall–Kier alpha value is -4.17. The second-order valence-electron chi connectivity index (χ2n) is 6.86. The number of carbonyl (C=O) groups is 3. The number of aryl methyl sites for hydroxylation is 1. The van der Waals surface area contributed by atoms with E-state index >= 15 is 0 Å². The largest absolute Gasteiger partial charge is 0.484 e. The van der Waals surface area contributed by atoms with Crippen LogP contribution in [0.3, 0.4) is 0 Å². The molecule has 0 unspecified atom stereocenters. The molecule has 8 nitrogen and oxygen atoms in total. The number of nitrogens with one attached hydrogen (secondary N) is 3. The predicted octanol–water partition coefficient (Wildman–Crippen LogP) is 3.75. The van der Waals surface area contributed by atoms with Gasteiger partial charge < -0.3 is 15.4 Å². The zero-order chi connectivity index (χ0) is 23.6. The van der Waals surface area contributed by atoms with Crippen molar-refractivity contribution in [2.24, 2.45) is 5.10 Å². The van der Waals surface area contributed by atoms with Gasteiger partial charge in [0.1, 0.15) is 5.75 Å². The number of hydrogen-bond donors (Lipinski definition) is 3. The van der Waals surface area contributed by atoms with Crippen LogP contribution >= 0.6 is 11.6 Å². The van der Waals surface area contributed by atoms with E-state index < -0.39 is 11.8 Å². The number of hydrazone groups is 1. The Morgan fingerprint density at radius 2 is 1.64 bits per heavy atom. The number of anilines is 2. The molecule has 0 spiro atoms. The van der Waals surface area contributed by atoms with Gasteiger partial charge in [0.15, 0.2) is 6.61 Å². The average molecular weight is 465 g/mol. The second-order valence-corrected chi connectivity index (χ2v) is 7.26. The first-order chi connectivity index (χ1) is 15.9.